The topological polar surface area (TPSA) is 25.2 Å². The minimum absolute atomic E-state index is 0.00461. The molecule has 1 atom stereocenters. The normalized spacial score (nSPS) is 12.7. The Bertz CT molecular complexity index is 544. The molecule has 5 heteroatoms. The number of nitrogens with one attached hydrogen (secondary N) is 1. The van der Waals surface area contributed by atoms with E-state index in [1.165, 1.54) is 0 Å². The van der Waals surface area contributed by atoms with Gasteiger partial charge in [-0.25, -0.2) is 0 Å². The molecular weight excluding hydrogens is 428 g/mol. The van der Waals surface area contributed by atoms with Crippen molar-refractivity contribution in [1.29, 1.82) is 0 Å². The second-order valence-corrected chi connectivity index (χ2v) is 6.24. The van der Waals surface area contributed by atoms with Crippen molar-refractivity contribution >= 4 is 50.1 Å². The Hall–Kier alpha value is -0.0400. The standard InChI is InChI=1S/C13H12BrClINO/c1-2-17-12(13-10(14)5-6-18-13)9-7-8(15)3-4-11(9)16/h3-7,12,17H,2H2,1H3. The van der Waals surface area contributed by atoms with Crippen LogP contribution in [0.2, 0.25) is 5.02 Å². The molecule has 0 spiro atoms. The highest BCUT2D eigenvalue weighted by Crippen LogP contribution is 2.33. The Morgan fingerprint density at radius 3 is 2.83 bits per heavy atom. The molecule has 0 saturated heterocycles. The molecule has 18 heavy (non-hydrogen) atoms. The zero-order valence-electron chi connectivity index (χ0n) is 9.71. The fourth-order valence-corrected chi connectivity index (χ4v) is 3.05. The van der Waals surface area contributed by atoms with Gasteiger partial charge in [-0.1, -0.05) is 18.5 Å². The summed E-state index contributed by atoms with van der Waals surface area (Å²) in [5.41, 5.74) is 1.13. The van der Waals surface area contributed by atoms with Gasteiger partial charge in [0.05, 0.1) is 16.8 Å². The summed E-state index contributed by atoms with van der Waals surface area (Å²) < 4.78 is 7.69. The molecule has 0 aliphatic heterocycles. The Labute approximate surface area is 133 Å². The first kappa shape index (κ1) is 14.4. The summed E-state index contributed by atoms with van der Waals surface area (Å²) >= 11 is 11.9. The summed E-state index contributed by atoms with van der Waals surface area (Å²) in [4.78, 5) is 0. The molecule has 0 fully saturated rings. The monoisotopic (exact) mass is 439 g/mol. The van der Waals surface area contributed by atoms with Gasteiger partial charge in [-0.2, -0.15) is 0 Å². The fourth-order valence-electron chi connectivity index (χ4n) is 1.80. The first-order valence-corrected chi connectivity index (χ1v) is 7.79. The Morgan fingerprint density at radius 2 is 2.22 bits per heavy atom. The molecule has 1 unspecified atom stereocenters. The van der Waals surface area contributed by atoms with Gasteiger partial charge in [0, 0.05) is 8.59 Å². The van der Waals surface area contributed by atoms with Gasteiger partial charge >= 0.3 is 0 Å². The van der Waals surface area contributed by atoms with Crippen LogP contribution >= 0.6 is 50.1 Å². The zero-order chi connectivity index (χ0) is 13.1. The highest BCUT2D eigenvalue weighted by molar-refractivity contribution is 14.1. The highest BCUT2D eigenvalue weighted by Gasteiger charge is 2.21. The van der Waals surface area contributed by atoms with Crippen LogP contribution in [-0.4, -0.2) is 6.54 Å². The van der Waals surface area contributed by atoms with E-state index in [4.69, 9.17) is 16.0 Å². The van der Waals surface area contributed by atoms with E-state index >= 15 is 0 Å². The smallest absolute Gasteiger partial charge is 0.139 e. The summed E-state index contributed by atoms with van der Waals surface area (Å²) in [5.74, 6) is 0.872. The second-order valence-electron chi connectivity index (χ2n) is 3.79. The lowest BCUT2D eigenvalue weighted by Crippen LogP contribution is -2.22. The van der Waals surface area contributed by atoms with Gasteiger partial charge in [-0.05, 0) is 74.9 Å². The molecule has 0 amide bonds. The van der Waals surface area contributed by atoms with Crippen molar-refractivity contribution in [2.45, 2.75) is 13.0 Å². The summed E-state index contributed by atoms with van der Waals surface area (Å²) in [7, 11) is 0. The summed E-state index contributed by atoms with van der Waals surface area (Å²) in [5, 5.41) is 4.16. The van der Waals surface area contributed by atoms with Crippen LogP contribution in [0.1, 0.15) is 24.3 Å². The van der Waals surface area contributed by atoms with E-state index in [2.05, 4.69) is 50.8 Å². The molecule has 0 radical (unpaired) electrons. The number of furan rings is 1. The van der Waals surface area contributed by atoms with E-state index < -0.39 is 0 Å². The molecule has 96 valence electrons. The van der Waals surface area contributed by atoms with Crippen molar-refractivity contribution in [3.63, 3.8) is 0 Å². The van der Waals surface area contributed by atoms with Crippen LogP contribution in [0.5, 0.6) is 0 Å². The maximum Gasteiger partial charge on any atom is 0.139 e. The summed E-state index contributed by atoms with van der Waals surface area (Å²) in [6.45, 7) is 2.92. The van der Waals surface area contributed by atoms with Gasteiger partial charge in [0.1, 0.15) is 5.76 Å². The van der Waals surface area contributed by atoms with E-state index in [-0.39, 0.29) is 6.04 Å². The van der Waals surface area contributed by atoms with E-state index in [1.807, 2.05) is 24.3 Å². The molecular formula is C13H12BrClINO. The van der Waals surface area contributed by atoms with Crippen LogP contribution in [0, 0.1) is 3.57 Å². The van der Waals surface area contributed by atoms with Crippen LogP contribution in [0.15, 0.2) is 39.4 Å². The summed E-state index contributed by atoms with van der Waals surface area (Å²) in [6, 6.07) is 7.79. The molecule has 2 nitrogen and oxygen atoms in total. The predicted octanol–water partition coefficient (Wildman–Crippen LogP) is 5.00. The van der Waals surface area contributed by atoms with Crippen molar-refractivity contribution in [3.05, 3.63) is 54.9 Å². The van der Waals surface area contributed by atoms with E-state index in [0.717, 1.165) is 30.9 Å². The van der Waals surface area contributed by atoms with Gasteiger partial charge in [0.2, 0.25) is 0 Å². The number of halogens is 3. The largest absolute Gasteiger partial charge is 0.466 e. The van der Waals surface area contributed by atoms with E-state index in [9.17, 15) is 0 Å². The van der Waals surface area contributed by atoms with E-state index in [0.29, 0.717) is 0 Å². The van der Waals surface area contributed by atoms with Gasteiger partial charge in [-0.3, -0.25) is 0 Å². The number of rotatable bonds is 4. The zero-order valence-corrected chi connectivity index (χ0v) is 14.2. The fraction of sp³-hybridized carbons (Fsp3) is 0.231. The Balaban J connectivity index is 2.48. The van der Waals surface area contributed by atoms with Crippen molar-refractivity contribution < 1.29 is 4.42 Å². The molecule has 0 aliphatic rings. The maximum absolute atomic E-state index is 6.09. The van der Waals surface area contributed by atoms with Crippen LogP contribution in [0.4, 0.5) is 0 Å². The first-order chi connectivity index (χ1) is 8.63. The van der Waals surface area contributed by atoms with Gasteiger partial charge in [0.25, 0.3) is 0 Å². The molecule has 1 aromatic carbocycles. The molecule has 0 aliphatic carbocycles. The molecule has 2 rings (SSSR count). The van der Waals surface area contributed by atoms with Crippen LogP contribution in [-0.2, 0) is 0 Å². The lowest BCUT2D eigenvalue weighted by atomic mass is 10.0. The van der Waals surface area contributed by atoms with E-state index in [1.54, 1.807) is 6.26 Å². The molecule has 1 N–H and O–H groups in total. The SMILES string of the molecule is CCNC(c1cc(Cl)ccc1I)c1occc1Br. The number of benzene rings is 1. The maximum atomic E-state index is 6.09. The minimum Gasteiger partial charge on any atom is -0.466 e. The Kier molecular flexibility index (Phi) is 5.12. The van der Waals surface area contributed by atoms with Crippen LogP contribution < -0.4 is 5.32 Å². The highest BCUT2D eigenvalue weighted by atomic mass is 127. The summed E-state index contributed by atoms with van der Waals surface area (Å²) in [6.07, 6.45) is 1.68. The van der Waals surface area contributed by atoms with Gasteiger partial charge < -0.3 is 9.73 Å². The molecule has 0 saturated carbocycles. The third-order valence-electron chi connectivity index (χ3n) is 2.58. The van der Waals surface area contributed by atoms with Crippen molar-refractivity contribution in [3.8, 4) is 0 Å². The number of hydrogen-bond donors (Lipinski definition) is 1. The lowest BCUT2D eigenvalue weighted by Gasteiger charge is -2.18. The molecule has 2 aromatic rings. The van der Waals surface area contributed by atoms with Crippen molar-refractivity contribution in [2.24, 2.45) is 0 Å². The Morgan fingerprint density at radius 1 is 1.44 bits per heavy atom. The third kappa shape index (κ3) is 3.10. The third-order valence-corrected chi connectivity index (χ3v) is 4.46. The predicted molar refractivity (Wildman–Crippen MR) is 86.1 cm³/mol. The average Bonchev–Trinajstić information content (AvgIpc) is 2.76. The molecule has 1 heterocycles. The van der Waals surface area contributed by atoms with Gasteiger partial charge in [0.15, 0.2) is 0 Å². The van der Waals surface area contributed by atoms with Crippen LogP contribution in [0.25, 0.3) is 0 Å². The molecule has 0 bridgehead atoms. The van der Waals surface area contributed by atoms with Crippen molar-refractivity contribution in [1.82, 2.24) is 5.32 Å². The van der Waals surface area contributed by atoms with Crippen LogP contribution in [0.3, 0.4) is 0 Å². The molecule has 1 aromatic heterocycles. The second kappa shape index (κ2) is 6.41. The number of hydrogen-bond acceptors (Lipinski definition) is 2. The van der Waals surface area contributed by atoms with Gasteiger partial charge in [-0.15, -0.1) is 0 Å². The minimum atomic E-state index is 0.00461. The quantitative estimate of drug-likeness (QED) is 0.677. The van der Waals surface area contributed by atoms with Crippen molar-refractivity contribution in [2.75, 3.05) is 6.54 Å². The first-order valence-electron chi connectivity index (χ1n) is 5.54. The lowest BCUT2D eigenvalue weighted by molar-refractivity contribution is 0.449. The average molecular weight is 441 g/mol.